The van der Waals surface area contributed by atoms with Gasteiger partial charge in [0.05, 0.1) is 12.1 Å². The number of esters is 1. The summed E-state index contributed by atoms with van der Waals surface area (Å²) in [7, 11) is 0. The molecule has 0 aromatic rings. The molecule has 2 fully saturated rings. The van der Waals surface area contributed by atoms with E-state index in [9.17, 15) is 28.8 Å². The lowest BCUT2D eigenvalue weighted by Gasteiger charge is -2.26. The number of carbonyl (C=O) groups is 6. The van der Waals surface area contributed by atoms with Crippen LogP contribution in [0.3, 0.4) is 0 Å². The number of urea groups is 1. The first kappa shape index (κ1) is 40.1. The summed E-state index contributed by atoms with van der Waals surface area (Å²) in [6.45, 7) is 6.75. The van der Waals surface area contributed by atoms with Crippen LogP contribution in [0.1, 0.15) is 91.9 Å². The number of nitrogens with zero attached hydrogens (tertiary/aromatic N) is 2. The number of nitrogens with one attached hydrogen (secondary N) is 5. The quantitative estimate of drug-likeness (QED) is 0.0280. The fraction of sp³-hybridized carbons (Fsp3) is 0.774. The third-order valence-electron chi connectivity index (χ3n) is 7.51. The van der Waals surface area contributed by atoms with Crippen LogP contribution in [-0.4, -0.2) is 105 Å². The van der Waals surface area contributed by atoms with E-state index in [2.05, 4.69) is 31.4 Å². The van der Waals surface area contributed by atoms with Crippen LogP contribution in [0.4, 0.5) is 4.79 Å². The van der Waals surface area contributed by atoms with Crippen molar-refractivity contribution in [2.24, 2.45) is 0 Å². The van der Waals surface area contributed by atoms with Crippen molar-refractivity contribution in [2.45, 2.75) is 127 Å². The molecule has 2 saturated heterocycles. The average molecular weight is 698 g/mol. The van der Waals surface area contributed by atoms with E-state index in [1.807, 2.05) is 11.8 Å². The molecule has 5 atom stereocenters. The van der Waals surface area contributed by atoms with Crippen molar-refractivity contribution >= 4 is 65.2 Å². The van der Waals surface area contributed by atoms with E-state index in [1.165, 1.54) is 6.92 Å². The third kappa shape index (κ3) is 16.5. The van der Waals surface area contributed by atoms with Gasteiger partial charge in [-0.25, -0.2) is 9.59 Å². The standard InChI is InChI=1S/C31H51N7O7S2/c1-20(39)35-22(28(42)36-23(13-12-21(40)18-34-32)29(43)45-31(2,3)4)10-7-8-15-33-26(41)14-17-46-16-9-5-6-11-25-27-24(19-47-25)37-30(44)38-27/h18,22-25,27H,5-17,19H2,1-4H3,(H,33,41)(H,35,39)(H,36,42)(H2,37,38,44)/t22-,23-,24-,25-,27-/m0/s1. The molecule has 2 heterocycles. The van der Waals surface area contributed by atoms with Crippen LogP contribution in [0.15, 0.2) is 0 Å². The SMILES string of the molecule is CC(=O)N[C@@H](CCCCNC(=O)CCSCCCCC[C@@H]1SC[C@@H]2NC(=O)N[C@@H]21)C(=O)N[C@@H](CCC(=O)C=[N+]=[N-])C(=O)OC(C)(C)C. The number of ketones is 1. The molecule has 264 valence electrons. The Morgan fingerprint density at radius 3 is 2.49 bits per heavy atom. The van der Waals surface area contributed by atoms with Crippen LogP contribution in [0.5, 0.6) is 0 Å². The molecule has 2 aliphatic heterocycles. The van der Waals surface area contributed by atoms with Crippen molar-refractivity contribution in [3.05, 3.63) is 5.53 Å². The van der Waals surface area contributed by atoms with Crippen LogP contribution in [-0.2, 0) is 28.7 Å². The van der Waals surface area contributed by atoms with Gasteiger partial charge in [-0.2, -0.15) is 28.3 Å². The molecule has 5 N–H and O–H groups in total. The van der Waals surface area contributed by atoms with Crippen molar-refractivity contribution in [3.8, 4) is 0 Å². The molecular formula is C31H51N7O7S2. The Bertz CT molecular complexity index is 1140. The first-order valence-corrected chi connectivity index (χ1v) is 18.5. The Morgan fingerprint density at radius 1 is 1.02 bits per heavy atom. The highest BCUT2D eigenvalue weighted by atomic mass is 32.2. The second kappa shape index (κ2) is 21.0. The van der Waals surface area contributed by atoms with Gasteiger partial charge in [0.1, 0.15) is 17.7 Å². The maximum atomic E-state index is 13.1. The molecule has 0 bridgehead atoms. The molecule has 0 saturated carbocycles. The average Bonchev–Trinajstić information content (AvgIpc) is 3.53. The van der Waals surface area contributed by atoms with Gasteiger partial charge in [-0.05, 0) is 65.0 Å². The van der Waals surface area contributed by atoms with Crippen molar-refractivity contribution < 1.29 is 38.3 Å². The van der Waals surface area contributed by atoms with E-state index >= 15 is 0 Å². The number of fused-ring (bicyclic) bond motifs is 1. The predicted octanol–water partition coefficient (Wildman–Crippen LogP) is 2.10. The molecule has 0 unspecified atom stereocenters. The lowest BCUT2D eigenvalue weighted by atomic mass is 10.0. The monoisotopic (exact) mass is 697 g/mol. The molecule has 14 nitrogen and oxygen atoms in total. The minimum Gasteiger partial charge on any atom is -0.458 e. The van der Waals surface area contributed by atoms with E-state index in [0.717, 1.165) is 49.2 Å². The molecule has 2 rings (SSSR count). The van der Waals surface area contributed by atoms with Gasteiger partial charge in [0.15, 0.2) is 0 Å². The highest BCUT2D eigenvalue weighted by Gasteiger charge is 2.42. The topological polar surface area (TPSA) is 208 Å². The van der Waals surface area contributed by atoms with Crippen molar-refractivity contribution in [1.82, 2.24) is 26.6 Å². The first-order chi connectivity index (χ1) is 22.3. The van der Waals surface area contributed by atoms with Gasteiger partial charge in [-0.3, -0.25) is 19.2 Å². The maximum Gasteiger partial charge on any atom is 0.329 e. The summed E-state index contributed by atoms with van der Waals surface area (Å²) in [5, 5.41) is 14.6. The Morgan fingerprint density at radius 2 is 1.79 bits per heavy atom. The Kier molecular flexibility index (Phi) is 17.9. The molecule has 2 aliphatic rings. The number of carbonyl (C=O) groups excluding carboxylic acids is 6. The molecular weight excluding hydrogens is 647 g/mol. The van der Waals surface area contributed by atoms with Gasteiger partial charge in [0.2, 0.25) is 23.5 Å². The number of thioether (sulfide) groups is 2. The zero-order valence-electron chi connectivity index (χ0n) is 27.9. The first-order valence-electron chi connectivity index (χ1n) is 16.3. The fourth-order valence-corrected chi connectivity index (χ4v) is 7.74. The Hall–Kier alpha value is -3.10. The molecule has 5 amide bonds. The van der Waals surface area contributed by atoms with Gasteiger partial charge in [0, 0.05) is 43.1 Å². The summed E-state index contributed by atoms with van der Waals surface area (Å²) < 4.78 is 5.39. The summed E-state index contributed by atoms with van der Waals surface area (Å²) >= 11 is 3.70. The number of amides is 5. The van der Waals surface area contributed by atoms with E-state index in [0.29, 0.717) is 31.1 Å². The normalized spacial score (nSPS) is 19.7. The zero-order chi connectivity index (χ0) is 34.8. The van der Waals surface area contributed by atoms with Crippen molar-refractivity contribution in [3.63, 3.8) is 0 Å². The second-order valence-corrected chi connectivity index (χ2v) is 15.3. The third-order valence-corrected chi connectivity index (χ3v) is 10.1. The summed E-state index contributed by atoms with van der Waals surface area (Å²) in [6, 6.07) is -1.60. The van der Waals surface area contributed by atoms with E-state index in [1.54, 1.807) is 32.5 Å². The maximum absolute atomic E-state index is 13.1. The van der Waals surface area contributed by atoms with Crippen molar-refractivity contribution in [2.75, 3.05) is 23.8 Å². The van der Waals surface area contributed by atoms with Crippen LogP contribution < -0.4 is 26.6 Å². The summed E-state index contributed by atoms with van der Waals surface area (Å²) in [4.78, 5) is 75.8. The number of unbranched alkanes of at least 4 members (excludes halogenated alkanes) is 3. The van der Waals surface area contributed by atoms with Gasteiger partial charge in [-0.1, -0.05) is 12.8 Å². The number of Topliss-reactive ketones (excluding diaryl/α,β-unsaturated/α-hetero) is 1. The largest absolute Gasteiger partial charge is 0.458 e. The molecule has 0 aliphatic carbocycles. The highest BCUT2D eigenvalue weighted by Crippen LogP contribution is 2.33. The minimum absolute atomic E-state index is 0.0327. The molecule has 0 spiro atoms. The van der Waals surface area contributed by atoms with E-state index < -0.39 is 41.3 Å². The van der Waals surface area contributed by atoms with E-state index in [-0.39, 0.29) is 43.3 Å². The minimum atomic E-state index is -1.15. The van der Waals surface area contributed by atoms with Crippen LogP contribution in [0.25, 0.3) is 5.53 Å². The smallest absolute Gasteiger partial charge is 0.329 e. The number of ether oxygens (including phenoxy) is 1. The van der Waals surface area contributed by atoms with Gasteiger partial charge in [0.25, 0.3) is 0 Å². The van der Waals surface area contributed by atoms with E-state index in [4.69, 9.17) is 10.3 Å². The Labute approximate surface area is 285 Å². The van der Waals surface area contributed by atoms with Gasteiger partial charge in [-0.15, -0.1) is 0 Å². The van der Waals surface area contributed by atoms with Crippen LogP contribution in [0.2, 0.25) is 0 Å². The summed E-state index contributed by atoms with van der Waals surface area (Å²) in [6.07, 6.45) is 6.76. The number of hydrogen-bond acceptors (Lipinski definition) is 9. The molecule has 0 aromatic carbocycles. The molecule has 16 heteroatoms. The zero-order valence-corrected chi connectivity index (χ0v) is 29.6. The lowest BCUT2D eigenvalue weighted by molar-refractivity contribution is -0.159. The molecule has 47 heavy (non-hydrogen) atoms. The highest BCUT2D eigenvalue weighted by molar-refractivity contribution is 8.00. The lowest BCUT2D eigenvalue weighted by Crippen LogP contribution is -2.52. The number of hydrogen-bond donors (Lipinski definition) is 5. The van der Waals surface area contributed by atoms with Crippen LogP contribution >= 0.6 is 23.5 Å². The van der Waals surface area contributed by atoms with Gasteiger partial charge >= 0.3 is 18.2 Å². The summed E-state index contributed by atoms with van der Waals surface area (Å²) in [5.41, 5.74) is 7.73. The van der Waals surface area contributed by atoms with Gasteiger partial charge < -0.3 is 36.9 Å². The molecule has 0 radical (unpaired) electrons. The second-order valence-electron chi connectivity index (χ2n) is 12.8. The number of rotatable bonds is 22. The molecule has 0 aromatic heterocycles. The predicted molar refractivity (Wildman–Crippen MR) is 182 cm³/mol. The Balaban J connectivity index is 1.62. The van der Waals surface area contributed by atoms with Crippen molar-refractivity contribution in [1.29, 1.82) is 0 Å². The fourth-order valence-electron chi connectivity index (χ4n) is 5.25. The summed E-state index contributed by atoms with van der Waals surface area (Å²) in [5.74, 6) is 0.434. The van der Waals surface area contributed by atoms with Crippen LogP contribution in [0, 0.1) is 0 Å².